The number of nitrogens with zero attached hydrogens (tertiary/aromatic N) is 4. The van der Waals surface area contributed by atoms with Crippen LogP contribution >= 0.6 is 0 Å². The van der Waals surface area contributed by atoms with Gasteiger partial charge in [-0.2, -0.15) is 0 Å². The second kappa shape index (κ2) is 8.37. The molecule has 0 aliphatic carbocycles. The Morgan fingerprint density at radius 2 is 1.82 bits per heavy atom. The second-order valence-corrected chi connectivity index (χ2v) is 8.61. The number of carbonyl (C=O) groups excluding carboxylic acids is 1. The predicted molar refractivity (Wildman–Crippen MR) is 129 cm³/mol. The third-order valence-electron chi connectivity index (χ3n) is 6.53. The quantitative estimate of drug-likeness (QED) is 0.595. The Morgan fingerprint density at radius 3 is 2.73 bits per heavy atom. The molecular formula is C25H26N6O2. The third kappa shape index (κ3) is 3.87. The van der Waals surface area contributed by atoms with Gasteiger partial charge in [0.1, 0.15) is 6.04 Å². The minimum absolute atomic E-state index is 0.0244. The largest absolute Gasteiger partial charge is 0.378 e. The fraction of sp³-hybridized carbons (Fsp3) is 0.320. The summed E-state index contributed by atoms with van der Waals surface area (Å²) in [5, 5.41) is 6.52. The van der Waals surface area contributed by atoms with E-state index >= 15 is 0 Å². The number of aromatic nitrogens is 2. The van der Waals surface area contributed by atoms with E-state index in [2.05, 4.69) is 43.6 Å². The van der Waals surface area contributed by atoms with Crippen molar-refractivity contribution >= 4 is 34.6 Å². The zero-order valence-electron chi connectivity index (χ0n) is 18.3. The highest BCUT2D eigenvalue weighted by Gasteiger charge is 2.33. The summed E-state index contributed by atoms with van der Waals surface area (Å²) in [6, 6.07) is 15.8. The first-order chi connectivity index (χ1) is 16.2. The Kier molecular flexibility index (Phi) is 5.07. The number of hydrogen-bond donors (Lipinski definition) is 2. The number of hydrogen-bond acceptors (Lipinski definition) is 7. The monoisotopic (exact) mass is 442 g/mol. The molecular weight excluding hydrogens is 416 g/mol. The summed E-state index contributed by atoms with van der Waals surface area (Å²) >= 11 is 0. The molecule has 2 aromatic carbocycles. The topological polar surface area (TPSA) is 82.6 Å². The number of morpholine rings is 1. The van der Waals surface area contributed by atoms with Crippen LogP contribution < -0.4 is 20.4 Å². The zero-order chi connectivity index (χ0) is 22.2. The van der Waals surface area contributed by atoms with Gasteiger partial charge in [0.05, 0.1) is 30.3 Å². The summed E-state index contributed by atoms with van der Waals surface area (Å²) in [6.07, 6.45) is 3.55. The Hall–Kier alpha value is -3.65. The Bertz CT molecular complexity index is 1190. The Morgan fingerprint density at radius 1 is 0.939 bits per heavy atom. The van der Waals surface area contributed by atoms with E-state index in [4.69, 9.17) is 9.72 Å². The number of fused-ring (bicyclic) bond motifs is 9. The lowest BCUT2D eigenvalue weighted by Crippen LogP contribution is -2.42. The molecule has 3 aromatic rings. The number of amides is 1. The number of nitrogens with one attached hydrogen (secondary N) is 2. The summed E-state index contributed by atoms with van der Waals surface area (Å²) in [5.74, 6) is 0.568. The molecule has 4 heterocycles. The number of rotatable bonds is 1. The molecule has 6 rings (SSSR count). The van der Waals surface area contributed by atoms with Gasteiger partial charge in [-0.3, -0.25) is 4.79 Å². The van der Waals surface area contributed by atoms with Crippen LogP contribution in [0.15, 0.2) is 54.7 Å². The average Bonchev–Trinajstić information content (AvgIpc) is 3.35. The molecule has 1 atom stereocenters. The minimum Gasteiger partial charge on any atom is -0.378 e. The standard InChI is InChI=1S/C25H26N6O2/c32-24-22-5-2-10-31(22)23-16-19(6-7-21(23)30-11-13-33-14-12-30)28-25-26-9-8-20(29-25)17-3-1-4-18(15-17)27-24/h1,3-4,6-9,15-16,22H,2,5,10-14H2,(H,27,32)(H,26,28,29)/t22-/m0/s1. The van der Waals surface area contributed by atoms with Gasteiger partial charge in [-0.15, -0.1) is 0 Å². The summed E-state index contributed by atoms with van der Waals surface area (Å²) in [7, 11) is 0. The summed E-state index contributed by atoms with van der Waals surface area (Å²) in [4.78, 5) is 27.1. The van der Waals surface area contributed by atoms with Crippen molar-refractivity contribution < 1.29 is 9.53 Å². The summed E-state index contributed by atoms with van der Waals surface area (Å²) < 4.78 is 5.57. The van der Waals surface area contributed by atoms with E-state index in [9.17, 15) is 4.79 Å². The van der Waals surface area contributed by atoms with Gasteiger partial charge in [0.2, 0.25) is 11.9 Å². The van der Waals surface area contributed by atoms with Crippen LogP contribution in [-0.4, -0.2) is 54.8 Å². The third-order valence-corrected chi connectivity index (χ3v) is 6.53. The molecule has 1 amide bonds. The van der Waals surface area contributed by atoms with Gasteiger partial charge in [0.25, 0.3) is 0 Å². The first kappa shape index (κ1) is 20.0. The van der Waals surface area contributed by atoms with E-state index in [-0.39, 0.29) is 11.9 Å². The number of ether oxygens (including phenoxy) is 1. The van der Waals surface area contributed by atoms with Gasteiger partial charge in [0.15, 0.2) is 0 Å². The highest BCUT2D eigenvalue weighted by atomic mass is 16.5. The van der Waals surface area contributed by atoms with Crippen molar-refractivity contribution in [1.82, 2.24) is 9.97 Å². The highest BCUT2D eigenvalue weighted by molar-refractivity contribution is 5.98. The average molecular weight is 443 g/mol. The molecule has 0 spiro atoms. The van der Waals surface area contributed by atoms with Gasteiger partial charge >= 0.3 is 0 Å². The molecule has 8 heteroatoms. The van der Waals surface area contributed by atoms with E-state index in [0.29, 0.717) is 19.2 Å². The van der Waals surface area contributed by atoms with Crippen molar-refractivity contribution in [3.63, 3.8) is 0 Å². The molecule has 0 unspecified atom stereocenters. The van der Waals surface area contributed by atoms with Crippen LogP contribution in [0.1, 0.15) is 12.8 Å². The fourth-order valence-electron chi connectivity index (χ4n) is 4.92. The van der Waals surface area contributed by atoms with Crippen LogP contribution in [0.3, 0.4) is 0 Å². The Labute approximate surface area is 192 Å². The van der Waals surface area contributed by atoms with Gasteiger partial charge in [-0.1, -0.05) is 12.1 Å². The normalized spacial score (nSPS) is 19.9. The van der Waals surface area contributed by atoms with E-state index in [1.807, 2.05) is 30.3 Å². The summed E-state index contributed by atoms with van der Waals surface area (Å²) in [6.45, 7) is 3.93. The van der Waals surface area contributed by atoms with E-state index in [1.165, 1.54) is 0 Å². The van der Waals surface area contributed by atoms with Crippen molar-refractivity contribution in [2.45, 2.75) is 18.9 Å². The van der Waals surface area contributed by atoms with E-state index in [1.54, 1.807) is 6.20 Å². The maximum Gasteiger partial charge on any atom is 0.247 e. The number of carbonyl (C=O) groups is 1. The van der Waals surface area contributed by atoms with Gasteiger partial charge < -0.3 is 25.2 Å². The molecule has 6 bridgehead atoms. The van der Waals surface area contributed by atoms with Crippen molar-refractivity contribution in [1.29, 1.82) is 0 Å². The van der Waals surface area contributed by atoms with Gasteiger partial charge in [0, 0.05) is 42.8 Å². The SMILES string of the molecule is O=C1Nc2cccc(c2)-c2ccnc(n2)Nc2ccc(N3CCOCC3)c(c2)N2CCC[C@@H]12. The van der Waals surface area contributed by atoms with Crippen LogP contribution in [0.2, 0.25) is 0 Å². The van der Waals surface area contributed by atoms with Crippen molar-refractivity contribution in [3.05, 3.63) is 54.7 Å². The molecule has 3 aliphatic heterocycles. The maximum absolute atomic E-state index is 13.4. The molecule has 168 valence electrons. The van der Waals surface area contributed by atoms with Crippen LogP contribution in [-0.2, 0) is 9.53 Å². The van der Waals surface area contributed by atoms with Crippen LogP contribution in [0.5, 0.6) is 0 Å². The first-order valence-corrected chi connectivity index (χ1v) is 11.5. The molecule has 33 heavy (non-hydrogen) atoms. The number of benzene rings is 2. The second-order valence-electron chi connectivity index (χ2n) is 8.61. The lowest BCUT2D eigenvalue weighted by Gasteiger charge is -2.35. The molecule has 2 saturated heterocycles. The van der Waals surface area contributed by atoms with Crippen LogP contribution in [0.4, 0.5) is 28.7 Å². The van der Waals surface area contributed by atoms with Crippen LogP contribution in [0.25, 0.3) is 11.3 Å². The fourth-order valence-corrected chi connectivity index (χ4v) is 4.92. The van der Waals surface area contributed by atoms with E-state index < -0.39 is 0 Å². The highest BCUT2D eigenvalue weighted by Crippen LogP contribution is 2.38. The zero-order valence-corrected chi connectivity index (χ0v) is 18.3. The maximum atomic E-state index is 13.4. The van der Waals surface area contributed by atoms with Gasteiger partial charge in [-0.05, 0) is 49.2 Å². The summed E-state index contributed by atoms with van der Waals surface area (Å²) in [5.41, 5.74) is 5.59. The van der Waals surface area contributed by atoms with Crippen LogP contribution in [0, 0.1) is 0 Å². The molecule has 0 radical (unpaired) electrons. The molecule has 1 aromatic heterocycles. The predicted octanol–water partition coefficient (Wildman–Crippen LogP) is 3.64. The molecule has 2 fully saturated rings. The smallest absolute Gasteiger partial charge is 0.247 e. The Balaban J connectivity index is 1.48. The van der Waals surface area contributed by atoms with Crippen molar-refractivity contribution in [3.8, 4) is 11.3 Å². The van der Waals surface area contributed by atoms with Gasteiger partial charge in [-0.25, -0.2) is 9.97 Å². The number of anilines is 5. The molecule has 8 nitrogen and oxygen atoms in total. The molecule has 2 N–H and O–H groups in total. The molecule has 3 aliphatic rings. The van der Waals surface area contributed by atoms with Crippen molar-refractivity contribution in [2.75, 3.05) is 53.3 Å². The molecule has 0 saturated carbocycles. The lowest BCUT2D eigenvalue weighted by atomic mass is 10.1. The van der Waals surface area contributed by atoms with Crippen molar-refractivity contribution in [2.24, 2.45) is 0 Å². The minimum atomic E-state index is -0.222. The van der Waals surface area contributed by atoms with E-state index in [0.717, 1.165) is 66.5 Å². The first-order valence-electron chi connectivity index (χ1n) is 11.5. The lowest BCUT2D eigenvalue weighted by molar-refractivity contribution is -0.117.